The van der Waals surface area contributed by atoms with E-state index in [0.29, 0.717) is 23.3 Å². The minimum atomic E-state index is -4.00. The number of aromatic nitrogens is 3. The summed E-state index contributed by atoms with van der Waals surface area (Å²) in [5.74, 6) is -4.49. The molecule has 1 fully saturated rings. The van der Waals surface area contributed by atoms with Crippen LogP contribution in [0.5, 0.6) is 5.75 Å². The molecule has 1 atom stereocenters. The second-order valence-corrected chi connectivity index (χ2v) is 8.22. The van der Waals surface area contributed by atoms with E-state index in [4.69, 9.17) is 9.26 Å². The molecule has 144 valence electrons. The fourth-order valence-corrected chi connectivity index (χ4v) is 4.31. The van der Waals surface area contributed by atoms with Crippen molar-refractivity contribution < 1.29 is 26.5 Å². The number of alkyl halides is 2. The smallest absolute Gasteiger partial charge is 0.252 e. The number of rotatable bonds is 7. The molecule has 0 radical (unpaired) electrons. The number of methoxy groups -OCH3 is 1. The third kappa shape index (κ3) is 3.59. The maximum atomic E-state index is 13.0. The first-order valence-corrected chi connectivity index (χ1v) is 9.75. The molecule has 4 rings (SSSR count). The van der Waals surface area contributed by atoms with Crippen molar-refractivity contribution >= 4 is 26.8 Å². The zero-order valence-corrected chi connectivity index (χ0v) is 15.0. The second kappa shape index (κ2) is 6.19. The molecule has 1 unspecified atom stereocenters. The number of nitrogens with zero attached hydrogens (tertiary/aromatic N) is 3. The molecule has 2 aromatic heterocycles. The zero-order chi connectivity index (χ0) is 19.2. The summed E-state index contributed by atoms with van der Waals surface area (Å²) in [6.45, 7) is 0.456. The predicted octanol–water partition coefficient (Wildman–Crippen LogP) is 2.48. The molecule has 1 aromatic carbocycles. The number of sulfonamides is 1. The van der Waals surface area contributed by atoms with Crippen LogP contribution in [0.4, 0.5) is 14.6 Å². The van der Waals surface area contributed by atoms with Gasteiger partial charge in [0.2, 0.25) is 10.0 Å². The molecule has 1 N–H and O–H groups in total. The summed E-state index contributed by atoms with van der Waals surface area (Å²) < 4.78 is 64.9. The quantitative estimate of drug-likeness (QED) is 0.656. The van der Waals surface area contributed by atoms with Gasteiger partial charge in [-0.1, -0.05) is 5.16 Å². The molecule has 3 aromatic rings. The van der Waals surface area contributed by atoms with Crippen molar-refractivity contribution in [2.24, 2.45) is 5.92 Å². The summed E-state index contributed by atoms with van der Waals surface area (Å²) in [4.78, 5) is 0. The summed E-state index contributed by atoms with van der Waals surface area (Å²) in [7, 11) is -2.57. The predicted molar refractivity (Wildman–Crippen MR) is 92.4 cm³/mol. The number of hydrogen-bond donors (Lipinski definition) is 1. The Balaban J connectivity index is 1.62. The second-order valence-electron chi connectivity index (χ2n) is 6.45. The Morgan fingerprint density at radius 1 is 1.44 bits per heavy atom. The Labute approximate surface area is 153 Å². The van der Waals surface area contributed by atoms with Crippen LogP contribution in [0.1, 0.15) is 12.0 Å². The van der Waals surface area contributed by atoms with Gasteiger partial charge in [-0.15, -0.1) is 0 Å². The van der Waals surface area contributed by atoms with Gasteiger partial charge >= 0.3 is 0 Å². The van der Waals surface area contributed by atoms with E-state index in [-0.39, 0.29) is 5.82 Å². The van der Waals surface area contributed by atoms with E-state index < -0.39 is 34.0 Å². The molecule has 2 heterocycles. The van der Waals surface area contributed by atoms with Gasteiger partial charge in [0.05, 0.1) is 19.4 Å². The van der Waals surface area contributed by atoms with Crippen molar-refractivity contribution in [2.75, 3.05) is 17.6 Å². The van der Waals surface area contributed by atoms with E-state index in [1.54, 1.807) is 35.3 Å². The highest BCUT2D eigenvalue weighted by Crippen LogP contribution is 2.49. The average Bonchev–Trinajstić information content (AvgIpc) is 3.01. The minimum absolute atomic E-state index is 0.0866. The third-order valence-corrected chi connectivity index (χ3v) is 5.70. The average molecular weight is 398 g/mol. The highest BCUT2D eigenvalue weighted by molar-refractivity contribution is 7.92. The van der Waals surface area contributed by atoms with Crippen LogP contribution < -0.4 is 9.46 Å². The van der Waals surface area contributed by atoms with E-state index >= 15 is 0 Å². The van der Waals surface area contributed by atoms with Crippen molar-refractivity contribution in [1.82, 2.24) is 14.9 Å². The molecular weight excluding hydrogens is 382 g/mol. The lowest BCUT2D eigenvalue weighted by molar-refractivity contribution is 0.103. The molecule has 0 aliphatic heterocycles. The van der Waals surface area contributed by atoms with Gasteiger partial charge in [0, 0.05) is 24.7 Å². The molecule has 0 bridgehead atoms. The molecule has 0 saturated heterocycles. The molecule has 1 aliphatic rings. The van der Waals surface area contributed by atoms with Gasteiger partial charge in [0.1, 0.15) is 11.1 Å². The Kier molecular flexibility index (Phi) is 4.06. The standard InChI is InChI=1S/C16H16F2N4O4S/c1-25-12-5-10(8-22-4-2-3-19-22)6-13-14(12)15(20-26-13)21-27(23,24)9-11-7-16(11,17)18/h2-6,11H,7-9H2,1H3,(H,20,21). The van der Waals surface area contributed by atoms with Crippen LogP contribution in [-0.2, 0) is 16.6 Å². The van der Waals surface area contributed by atoms with Crippen molar-refractivity contribution in [3.05, 3.63) is 36.2 Å². The van der Waals surface area contributed by atoms with E-state index in [0.717, 1.165) is 5.56 Å². The van der Waals surface area contributed by atoms with Crippen LogP contribution in [0.2, 0.25) is 0 Å². The van der Waals surface area contributed by atoms with Crippen LogP contribution in [-0.4, -0.2) is 42.1 Å². The van der Waals surface area contributed by atoms with Gasteiger partial charge in [-0.2, -0.15) is 5.10 Å². The summed E-state index contributed by atoms with van der Waals surface area (Å²) >= 11 is 0. The van der Waals surface area contributed by atoms with Crippen molar-refractivity contribution in [1.29, 1.82) is 0 Å². The maximum absolute atomic E-state index is 13.0. The van der Waals surface area contributed by atoms with Gasteiger partial charge in [-0.05, 0) is 23.8 Å². The fourth-order valence-electron chi connectivity index (χ4n) is 2.90. The van der Waals surface area contributed by atoms with Crippen LogP contribution in [0, 0.1) is 5.92 Å². The molecule has 8 nitrogen and oxygen atoms in total. The monoisotopic (exact) mass is 398 g/mol. The normalized spacial score (nSPS) is 18.6. The summed E-state index contributed by atoms with van der Waals surface area (Å²) in [5, 5.41) is 8.19. The lowest BCUT2D eigenvalue weighted by Crippen LogP contribution is -2.20. The van der Waals surface area contributed by atoms with Gasteiger partial charge in [0.15, 0.2) is 11.4 Å². The Morgan fingerprint density at radius 3 is 2.85 bits per heavy atom. The van der Waals surface area contributed by atoms with E-state index in [9.17, 15) is 17.2 Å². The van der Waals surface area contributed by atoms with E-state index in [2.05, 4.69) is 15.0 Å². The van der Waals surface area contributed by atoms with Crippen molar-refractivity contribution in [2.45, 2.75) is 18.9 Å². The maximum Gasteiger partial charge on any atom is 0.252 e. The Hall–Kier alpha value is -2.69. The van der Waals surface area contributed by atoms with Crippen LogP contribution >= 0.6 is 0 Å². The Morgan fingerprint density at radius 2 is 2.22 bits per heavy atom. The first kappa shape index (κ1) is 17.7. The number of fused-ring (bicyclic) bond motifs is 1. The number of benzene rings is 1. The van der Waals surface area contributed by atoms with Crippen LogP contribution in [0.3, 0.4) is 0 Å². The number of anilines is 1. The van der Waals surface area contributed by atoms with E-state index in [1.807, 2.05) is 0 Å². The third-order valence-electron chi connectivity index (χ3n) is 4.35. The highest BCUT2D eigenvalue weighted by atomic mass is 32.2. The lowest BCUT2D eigenvalue weighted by atomic mass is 10.1. The van der Waals surface area contributed by atoms with Gasteiger partial charge in [-0.3, -0.25) is 9.40 Å². The zero-order valence-electron chi connectivity index (χ0n) is 14.2. The molecule has 0 amide bonds. The van der Waals surface area contributed by atoms with Gasteiger partial charge in [-0.25, -0.2) is 17.2 Å². The fraction of sp³-hybridized carbons (Fsp3) is 0.375. The molecular formula is C16H16F2N4O4S. The van der Waals surface area contributed by atoms with Crippen molar-refractivity contribution in [3.8, 4) is 5.75 Å². The molecule has 27 heavy (non-hydrogen) atoms. The van der Waals surface area contributed by atoms with Crippen LogP contribution in [0.25, 0.3) is 11.0 Å². The summed E-state index contributed by atoms with van der Waals surface area (Å²) in [5.41, 5.74) is 1.12. The number of ether oxygens (including phenoxy) is 1. The van der Waals surface area contributed by atoms with Crippen LogP contribution in [0.15, 0.2) is 35.1 Å². The van der Waals surface area contributed by atoms with Crippen molar-refractivity contribution in [3.63, 3.8) is 0 Å². The Bertz CT molecular complexity index is 1080. The SMILES string of the molecule is COc1cc(Cn2cccn2)cc2onc(NS(=O)(=O)CC3CC3(F)F)c12. The molecule has 1 saturated carbocycles. The number of halogens is 2. The highest BCUT2D eigenvalue weighted by Gasteiger charge is 2.58. The largest absolute Gasteiger partial charge is 0.496 e. The topological polar surface area (TPSA) is 99.2 Å². The molecule has 1 aliphatic carbocycles. The minimum Gasteiger partial charge on any atom is -0.496 e. The number of hydrogen-bond acceptors (Lipinski definition) is 6. The number of nitrogens with one attached hydrogen (secondary N) is 1. The van der Waals surface area contributed by atoms with Gasteiger partial charge in [0.25, 0.3) is 5.92 Å². The summed E-state index contributed by atoms with van der Waals surface area (Å²) in [6.07, 6.45) is 3.03. The lowest BCUT2D eigenvalue weighted by Gasteiger charge is -2.08. The van der Waals surface area contributed by atoms with Gasteiger partial charge < -0.3 is 9.26 Å². The molecule has 11 heteroatoms. The molecule has 0 spiro atoms. The summed E-state index contributed by atoms with van der Waals surface area (Å²) in [6, 6.07) is 5.20. The first-order valence-electron chi connectivity index (χ1n) is 8.09. The first-order chi connectivity index (χ1) is 12.8. The van der Waals surface area contributed by atoms with E-state index in [1.165, 1.54) is 7.11 Å².